The summed E-state index contributed by atoms with van der Waals surface area (Å²) in [5.74, 6) is 0.157. The molecule has 1 amide bonds. The average Bonchev–Trinajstić information content (AvgIpc) is 3.18. The van der Waals surface area contributed by atoms with Crippen molar-refractivity contribution < 1.29 is 9.53 Å². The maximum absolute atomic E-state index is 12.8. The molecule has 0 saturated carbocycles. The molecular formula is C17H24N2O2. The molecule has 4 nitrogen and oxygen atoms in total. The van der Waals surface area contributed by atoms with Gasteiger partial charge in [0.15, 0.2) is 0 Å². The minimum Gasteiger partial charge on any atom is -0.380 e. The van der Waals surface area contributed by atoms with E-state index in [1.54, 1.807) is 7.11 Å². The zero-order valence-corrected chi connectivity index (χ0v) is 12.8. The maximum Gasteiger partial charge on any atom is 0.254 e. The van der Waals surface area contributed by atoms with Crippen molar-refractivity contribution in [2.45, 2.75) is 31.9 Å². The van der Waals surface area contributed by atoms with Gasteiger partial charge < -0.3 is 9.64 Å². The third-order valence-electron chi connectivity index (χ3n) is 4.66. The second kappa shape index (κ2) is 6.58. The van der Waals surface area contributed by atoms with E-state index >= 15 is 0 Å². The number of carbonyl (C=O) groups is 1. The lowest BCUT2D eigenvalue weighted by Crippen LogP contribution is -2.37. The van der Waals surface area contributed by atoms with E-state index in [1.165, 1.54) is 25.9 Å². The lowest BCUT2D eigenvalue weighted by atomic mass is 10.1. The first-order valence-electron chi connectivity index (χ1n) is 7.90. The van der Waals surface area contributed by atoms with Crippen molar-refractivity contribution >= 4 is 5.91 Å². The molecule has 2 heterocycles. The largest absolute Gasteiger partial charge is 0.380 e. The number of methoxy groups -OCH3 is 1. The van der Waals surface area contributed by atoms with Crippen LogP contribution in [0.2, 0.25) is 0 Å². The van der Waals surface area contributed by atoms with Crippen molar-refractivity contribution in [2.24, 2.45) is 0 Å². The highest BCUT2D eigenvalue weighted by molar-refractivity contribution is 5.95. The van der Waals surface area contributed by atoms with Crippen LogP contribution < -0.4 is 0 Å². The van der Waals surface area contributed by atoms with Gasteiger partial charge in [0.1, 0.15) is 0 Å². The zero-order valence-electron chi connectivity index (χ0n) is 12.8. The van der Waals surface area contributed by atoms with Crippen LogP contribution in [-0.2, 0) is 11.3 Å². The molecular weight excluding hydrogens is 264 g/mol. The number of benzene rings is 1. The normalized spacial score (nSPS) is 22.9. The van der Waals surface area contributed by atoms with E-state index < -0.39 is 0 Å². The molecule has 2 fully saturated rings. The van der Waals surface area contributed by atoms with Crippen molar-refractivity contribution in [3.8, 4) is 0 Å². The lowest BCUT2D eigenvalue weighted by molar-refractivity contribution is 0.0775. The number of hydrogen-bond donors (Lipinski definition) is 0. The van der Waals surface area contributed by atoms with Crippen LogP contribution in [0.1, 0.15) is 35.2 Å². The molecule has 2 saturated heterocycles. The SMILES string of the molecule is COCc1ccccc1C(=O)N1CC[C@H](N2CCCC2)C1. The van der Waals surface area contributed by atoms with Crippen LogP contribution in [0.3, 0.4) is 0 Å². The first-order valence-corrected chi connectivity index (χ1v) is 7.90. The fraction of sp³-hybridized carbons (Fsp3) is 0.588. The van der Waals surface area contributed by atoms with Crippen LogP contribution in [0.4, 0.5) is 0 Å². The van der Waals surface area contributed by atoms with E-state index in [2.05, 4.69) is 4.90 Å². The third kappa shape index (κ3) is 3.11. The first kappa shape index (κ1) is 14.5. The molecule has 0 unspecified atom stereocenters. The predicted octanol–water partition coefficient (Wildman–Crippen LogP) is 2.14. The summed E-state index contributed by atoms with van der Waals surface area (Å²) in [7, 11) is 1.67. The number of amides is 1. The quantitative estimate of drug-likeness (QED) is 0.851. The molecule has 0 bridgehead atoms. The standard InChI is InChI=1S/C17H24N2O2/c1-21-13-14-6-2-3-7-16(14)17(20)19-11-8-15(12-19)18-9-4-5-10-18/h2-3,6-7,15H,4-5,8-13H2,1H3/t15-/m0/s1. The molecule has 1 aromatic carbocycles. The fourth-order valence-electron chi connectivity index (χ4n) is 3.51. The summed E-state index contributed by atoms with van der Waals surface area (Å²) in [6, 6.07) is 8.35. The summed E-state index contributed by atoms with van der Waals surface area (Å²) in [4.78, 5) is 17.3. The van der Waals surface area contributed by atoms with E-state index in [0.717, 1.165) is 30.6 Å². The molecule has 21 heavy (non-hydrogen) atoms. The number of rotatable bonds is 4. The van der Waals surface area contributed by atoms with Crippen molar-refractivity contribution in [1.82, 2.24) is 9.80 Å². The van der Waals surface area contributed by atoms with Gasteiger partial charge in [-0.2, -0.15) is 0 Å². The zero-order chi connectivity index (χ0) is 14.7. The van der Waals surface area contributed by atoms with Gasteiger partial charge in [0.2, 0.25) is 0 Å². The minimum atomic E-state index is 0.157. The lowest BCUT2D eigenvalue weighted by Gasteiger charge is -2.24. The second-order valence-electron chi connectivity index (χ2n) is 6.03. The monoisotopic (exact) mass is 288 g/mol. The smallest absolute Gasteiger partial charge is 0.254 e. The van der Waals surface area contributed by atoms with Gasteiger partial charge >= 0.3 is 0 Å². The molecule has 0 aliphatic carbocycles. The molecule has 114 valence electrons. The van der Waals surface area contributed by atoms with Crippen LogP contribution in [0.25, 0.3) is 0 Å². The number of hydrogen-bond acceptors (Lipinski definition) is 3. The third-order valence-corrected chi connectivity index (χ3v) is 4.66. The van der Waals surface area contributed by atoms with Gasteiger partial charge in [0, 0.05) is 31.8 Å². The van der Waals surface area contributed by atoms with Gasteiger partial charge in [-0.3, -0.25) is 9.69 Å². The van der Waals surface area contributed by atoms with Crippen LogP contribution in [0.5, 0.6) is 0 Å². The molecule has 1 aromatic rings. The van der Waals surface area contributed by atoms with Crippen LogP contribution in [0.15, 0.2) is 24.3 Å². The summed E-state index contributed by atoms with van der Waals surface area (Å²) in [6.45, 7) is 4.65. The van der Waals surface area contributed by atoms with E-state index in [1.807, 2.05) is 29.2 Å². The highest BCUT2D eigenvalue weighted by Crippen LogP contribution is 2.23. The Morgan fingerprint density at radius 1 is 1.24 bits per heavy atom. The molecule has 0 N–H and O–H groups in total. The molecule has 0 spiro atoms. The predicted molar refractivity (Wildman–Crippen MR) is 82.3 cm³/mol. The maximum atomic E-state index is 12.8. The Labute approximate surface area is 126 Å². The van der Waals surface area contributed by atoms with E-state index in [0.29, 0.717) is 12.6 Å². The average molecular weight is 288 g/mol. The molecule has 2 aliphatic rings. The Balaban J connectivity index is 1.68. The summed E-state index contributed by atoms with van der Waals surface area (Å²) in [5.41, 5.74) is 1.77. The van der Waals surface area contributed by atoms with Gasteiger partial charge in [-0.25, -0.2) is 0 Å². The van der Waals surface area contributed by atoms with E-state index in [4.69, 9.17) is 4.74 Å². The second-order valence-corrected chi connectivity index (χ2v) is 6.03. The highest BCUT2D eigenvalue weighted by Gasteiger charge is 2.32. The van der Waals surface area contributed by atoms with Crippen LogP contribution in [-0.4, -0.2) is 55.0 Å². The molecule has 0 radical (unpaired) electrons. The molecule has 1 atom stereocenters. The molecule has 4 heteroatoms. The van der Waals surface area contributed by atoms with Gasteiger partial charge in [-0.15, -0.1) is 0 Å². The minimum absolute atomic E-state index is 0.157. The van der Waals surface area contributed by atoms with E-state index in [9.17, 15) is 4.79 Å². The van der Waals surface area contributed by atoms with Crippen LogP contribution >= 0.6 is 0 Å². The topological polar surface area (TPSA) is 32.8 Å². The first-order chi connectivity index (χ1) is 10.3. The van der Waals surface area contributed by atoms with Gasteiger partial charge in [-0.05, 0) is 44.0 Å². The Morgan fingerprint density at radius 2 is 2.00 bits per heavy atom. The summed E-state index contributed by atoms with van der Waals surface area (Å²) in [6.07, 6.45) is 3.72. The van der Waals surface area contributed by atoms with Gasteiger partial charge in [0.25, 0.3) is 5.91 Å². The van der Waals surface area contributed by atoms with Crippen molar-refractivity contribution in [3.05, 3.63) is 35.4 Å². The number of ether oxygens (including phenoxy) is 1. The molecule has 0 aromatic heterocycles. The Bertz CT molecular complexity index is 497. The van der Waals surface area contributed by atoms with Gasteiger partial charge in [-0.1, -0.05) is 18.2 Å². The summed E-state index contributed by atoms with van der Waals surface area (Å²) in [5, 5.41) is 0. The molecule has 3 rings (SSSR count). The van der Waals surface area contributed by atoms with Gasteiger partial charge in [0.05, 0.1) is 6.61 Å². The van der Waals surface area contributed by atoms with Crippen molar-refractivity contribution in [1.29, 1.82) is 0 Å². The van der Waals surface area contributed by atoms with E-state index in [-0.39, 0.29) is 5.91 Å². The summed E-state index contributed by atoms with van der Waals surface area (Å²) < 4.78 is 5.20. The van der Waals surface area contributed by atoms with Crippen LogP contribution in [0, 0.1) is 0 Å². The molecule has 2 aliphatic heterocycles. The number of carbonyl (C=O) groups excluding carboxylic acids is 1. The Morgan fingerprint density at radius 3 is 2.76 bits per heavy atom. The Hall–Kier alpha value is -1.39. The van der Waals surface area contributed by atoms with Crippen molar-refractivity contribution in [2.75, 3.05) is 33.3 Å². The summed E-state index contributed by atoms with van der Waals surface area (Å²) >= 11 is 0. The fourth-order valence-corrected chi connectivity index (χ4v) is 3.51. The highest BCUT2D eigenvalue weighted by atomic mass is 16.5. The number of nitrogens with zero attached hydrogens (tertiary/aromatic N) is 2. The number of likely N-dealkylation sites (tertiary alicyclic amines) is 2. The van der Waals surface area contributed by atoms with Crippen molar-refractivity contribution in [3.63, 3.8) is 0 Å². The Kier molecular flexibility index (Phi) is 4.56.